The smallest absolute Gasteiger partial charge is 0.287 e. The fourth-order valence-corrected chi connectivity index (χ4v) is 1.43. The molecule has 1 aromatic rings. The average Bonchev–Trinajstić information content (AvgIpc) is 2.15. The van der Waals surface area contributed by atoms with Gasteiger partial charge >= 0.3 is 0 Å². The zero-order valence-corrected chi connectivity index (χ0v) is 9.12. The molecular formula is C10H10ClNO3. The van der Waals surface area contributed by atoms with Crippen LogP contribution in [-0.2, 0) is 4.79 Å². The molecule has 0 bridgehead atoms. The third-order valence-electron chi connectivity index (χ3n) is 2.28. The summed E-state index contributed by atoms with van der Waals surface area (Å²) >= 11 is 5.72. The minimum atomic E-state index is -0.551. The van der Waals surface area contributed by atoms with Crippen LogP contribution in [0.5, 0.6) is 0 Å². The number of nitrogens with zero attached hydrogens (tertiary/aromatic N) is 1. The second-order valence-corrected chi connectivity index (χ2v) is 3.71. The highest BCUT2D eigenvalue weighted by Gasteiger charge is 2.16. The van der Waals surface area contributed by atoms with Crippen LogP contribution in [0.1, 0.15) is 25.3 Å². The van der Waals surface area contributed by atoms with Crippen LogP contribution >= 0.6 is 11.6 Å². The van der Waals surface area contributed by atoms with E-state index in [-0.39, 0.29) is 22.4 Å². The molecule has 0 N–H and O–H groups in total. The molecule has 0 aliphatic carbocycles. The lowest BCUT2D eigenvalue weighted by Gasteiger charge is -2.07. The second-order valence-electron chi connectivity index (χ2n) is 3.30. The lowest BCUT2D eigenvalue weighted by atomic mass is 9.97. The zero-order valence-electron chi connectivity index (χ0n) is 8.36. The number of Topliss-reactive ketones (excluding diaryl/α,β-unsaturated/α-hetero) is 1. The van der Waals surface area contributed by atoms with Crippen LogP contribution in [-0.4, -0.2) is 10.7 Å². The fourth-order valence-electron chi connectivity index (χ4n) is 1.18. The summed E-state index contributed by atoms with van der Waals surface area (Å²) in [5.74, 6) is -0.289. The predicted molar refractivity (Wildman–Crippen MR) is 57.2 cm³/mol. The first-order valence-electron chi connectivity index (χ1n) is 4.37. The molecule has 0 aliphatic heterocycles. The van der Waals surface area contributed by atoms with Gasteiger partial charge in [-0.25, -0.2) is 0 Å². The van der Waals surface area contributed by atoms with Crippen molar-refractivity contribution in [2.45, 2.75) is 19.8 Å². The van der Waals surface area contributed by atoms with Crippen molar-refractivity contribution in [3.05, 3.63) is 38.9 Å². The number of nitro benzene ring substituents is 1. The van der Waals surface area contributed by atoms with E-state index in [0.717, 1.165) is 0 Å². The van der Waals surface area contributed by atoms with Gasteiger partial charge in [-0.3, -0.25) is 14.9 Å². The van der Waals surface area contributed by atoms with Crippen molar-refractivity contribution < 1.29 is 9.72 Å². The van der Waals surface area contributed by atoms with Gasteiger partial charge < -0.3 is 0 Å². The monoisotopic (exact) mass is 227 g/mol. The normalized spacial score (nSPS) is 12.2. The first-order valence-corrected chi connectivity index (χ1v) is 4.75. The summed E-state index contributed by atoms with van der Waals surface area (Å²) in [6.07, 6.45) is 0. The van der Waals surface area contributed by atoms with Gasteiger partial charge in [-0.05, 0) is 18.6 Å². The highest BCUT2D eigenvalue weighted by atomic mass is 35.5. The van der Waals surface area contributed by atoms with E-state index in [0.29, 0.717) is 5.56 Å². The average molecular weight is 228 g/mol. The fraction of sp³-hybridized carbons (Fsp3) is 0.300. The maximum atomic E-state index is 11.1. The van der Waals surface area contributed by atoms with Crippen LogP contribution in [0, 0.1) is 10.1 Å². The molecule has 1 atom stereocenters. The van der Waals surface area contributed by atoms with E-state index in [1.54, 1.807) is 13.0 Å². The Morgan fingerprint density at radius 3 is 2.53 bits per heavy atom. The van der Waals surface area contributed by atoms with Crippen LogP contribution in [0.15, 0.2) is 18.2 Å². The van der Waals surface area contributed by atoms with Gasteiger partial charge in [0.15, 0.2) is 0 Å². The van der Waals surface area contributed by atoms with Gasteiger partial charge in [-0.15, -0.1) is 0 Å². The van der Waals surface area contributed by atoms with Crippen molar-refractivity contribution in [1.82, 2.24) is 0 Å². The maximum absolute atomic E-state index is 11.1. The topological polar surface area (TPSA) is 60.2 Å². The standard InChI is InChI=1S/C10H10ClNO3/c1-6(7(2)13)8-3-4-10(12(14)15)9(11)5-8/h3-6H,1-2H3/t6-/m0/s1. The van der Waals surface area contributed by atoms with Crippen LogP contribution < -0.4 is 0 Å². The highest BCUT2D eigenvalue weighted by Crippen LogP contribution is 2.28. The zero-order chi connectivity index (χ0) is 11.6. The molecule has 0 aliphatic rings. The molecule has 0 amide bonds. The third kappa shape index (κ3) is 2.53. The van der Waals surface area contributed by atoms with Crippen molar-refractivity contribution in [3.8, 4) is 0 Å². The van der Waals surface area contributed by atoms with E-state index < -0.39 is 4.92 Å². The number of halogens is 1. The van der Waals surface area contributed by atoms with Gasteiger partial charge in [0.05, 0.1) is 4.92 Å². The number of benzene rings is 1. The predicted octanol–water partition coefficient (Wildman–Crippen LogP) is 2.94. The van der Waals surface area contributed by atoms with E-state index >= 15 is 0 Å². The lowest BCUT2D eigenvalue weighted by Crippen LogP contribution is -2.04. The number of ketones is 1. The summed E-state index contributed by atoms with van der Waals surface area (Å²) < 4.78 is 0. The summed E-state index contributed by atoms with van der Waals surface area (Å²) in [5.41, 5.74) is 0.550. The van der Waals surface area contributed by atoms with E-state index in [2.05, 4.69) is 0 Å². The number of carbonyl (C=O) groups is 1. The molecule has 1 aromatic carbocycles. The number of hydrogen-bond acceptors (Lipinski definition) is 3. The van der Waals surface area contributed by atoms with E-state index in [4.69, 9.17) is 11.6 Å². The molecule has 80 valence electrons. The van der Waals surface area contributed by atoms with E-state index in [9.17, 15) is 14.9 Å². The minimum Gasteiger partial charge on any atom is -0.299 e. The Morgan fingerprint density at radius 1 is 1.53 bits per heavy atom. The van der Waals surface area contributed by atoms with Gasteiger partial charge in [-0.2, -0.15) is 0 Å². The molecule has 0 spiro atoms. The summed E-state index contributed by atoms with van der Waals surface area (Å²) in [6, 6.07) is 4.33. The lowest BCUT2D eigenvalue weighted by molar-refractivity contribution is -0.384. The molecule has 0 unspecified atom stereocenters. The molecule has 1 rings (SSSR count). The van der Waals surface area contributed by atoms with E-state index in [1.807, 2.05) is 0 Å². The quantitative estimate of drug-likeness (QED) is 0.589. The second kappa shape index (κ2) is 4.40. The Kier molecular flexibility index (Phi) is 3.42. The minimum absolute atomic E-state index is 0.0000743. The van der Waals surface area contributed by atoms with Crippen molar-refractivity contribution in [1.29, 1.82) is 0 Å². The third-order valence-corrected chi connectivity index (χ3v) is 2.58. The first kappa shape index (κ1) is 11.7. The van der Waals surface area contributed by atoms with Crippen molar-refractivity contribution in [2.24, 2.45) is 0 Å². The van der Waals surface area contributed by atoms with Crippen LogP contribution in [0.3, 0.4) is 0 Å². The molecule has 4 nitrogen and oxygen atoms in total. The van der Waals surface area contributed by atoms with Crippen LogP contribution in [0.4, 0.5) is 5.69 Å². The molecular weight excluding hydrogens is 218 g/mol. The van der Waals surface area contributed by atoms with Crippen LogP contribution in [0.25, 0.3) is 0 Å². The number of hydrogen-bond donors (Lipinski definition) is 0. The molecule has 0 radical (unpaired) electrons. The molecule has 0 saturated carbocycles. The molecule has 0 heterocycles. The summed E-state index contributed by atoms with van der Waals surface area (Å²) in [4.78, 5) is 21.0. The van der Waals surface area contributed by atoms with Gasteiger partial charge in [-0.1, -0.05) is 24.6 Å². The Labute approximate surface area is 92.0 Å². The summed E-state index contributed by atoms with van der Waals surface area (Å²) in [7, 11) is 0. The van der Waals surface area contributed by atoms with Gasteiger partial charge in [0, 0.05) is 12.0 Å². The molecule has 0 aromatic heterocycles. The summed E-state index contributed by atoms with van der Waals surface area (Å²) in [5, 5.41) is 10.6. The van der Waals surface area contributed by atoms with Crippen molar-refractivity contribution in [3.63, 3.8) is 0 Å². The van der Waals surface area contributed by atoms with Gasteiger partial charge in [0.2, 0.25) is 0 Å². The van der Waals surface area contributed by atoms with Crippen molar-refractivity contribution in [2.75, 3.05) is 0 Å². The Hall–Kier alpha value is -1.42. The van der Waals surface area contributed by atoms with E-state index in [1.165, 1.54) is 19.1 Å². The largest absolute Gasteiger partial charge is 0.299 e. The molecule has 0 fully saturated rings. The molecule has 5 heteroatoms. The number of rotatable bonds is 3. The number of nitro groups is 1. The number of carbonyl (C=O) groups excluding carboxylic acids is 1. The highest BCUT2D eigenvalue weighted by molar-refractivity contribution is 6.32. The molecule has 15 heavy (non-hydrogen) atoms. The Balaban J connectivity index is 3.12. The Bertz CT molecular complexity index is 417. The van der Waals surface area contributed by atoms with Crippen LogP contribution in [0.2, 0.25) is 5.02 Å². The Morgan fingerprint density at radius 2 is 2.13 bits per heavy atom. The SMILES string of the molecule is CC(=O)[C@H](C)c1ccc([N+](=O)[O-])c(Cl)c1. The first-order chi connectivity index (χ1) is 6.93. The summed E-state index contributed by atoms with van der Waals surface area (Å²) in [6.45, 7) is 3.21. The molecule has 0 saturated heterocycles. The van der Waals surface area contributed by atoms with Gasteiger partial charge in [0.1, 0.15) is 10.8 Å². The van der Waals surface area contributed by atoms with Crippen molar-refractivity contribution >= 4 is 23.1 Å². The maximum Gasteiger partial charge on any atom is 0.287 e. The van der Waals surface area contributed by atoms with Gasteiger partial charge in [0.25, 0.3) is 5.69 Å².